The van der Waals surface area contributed by atoms with Crippen molar-refractivity contribution in [2.24, 2.45) is 5.92 Å². The number of carboxylic acid groups (broad SMARTS) is 1. The van der Waals surface area contributed by atoms with Crippen LogP contribution in [0.1, 0.15) is 29.3 Å². The molecule has 2 atom stereocenters. The summed E-state index contributed by atoms with van der Waals surface area (Å²) in [6.07, 6.45) is 0.536. The SMILES string of the molecule is Cc1ccccc1C(=O)N1CCC(C(=O)O)C1C. The number of nitrogens with zero attached hydrogens (tertiary/aromatic N) is 1. The van der Waals surface area contributed by atoms with Crippen molar-refractivity contribution in [3.05, 3.63) is 35.4 Å². The average Bonchev–Trinajstić information content (AvgIpc) is 2.71. The molecule has 1 aromatic carbocycles. The number of hydrogen-bond acceptors (Lipinski definition) is 2. The van der Waals surface area contributed by atoms with Gasteiger partial charge in [0.2, 0.25) is 0 Å². The number of amides is 1. The van der Waals surface area contributed by atoms with Crippen molar-refractivity contribution < 1.29 is 14.7 Å². The van der Waals surface area contributed by atoms with Gasteiger partial charge in [-0.15, -0.1) is 0 Å². The van der Waals surface area contributed by atoms with E-state index in [1.807, 2.05) is 32.0 Å². The Hall–Kier alpha value is -1.84. The Balaban J connectivity index is 2.21. The Morgan fingerprint density at radius 3 is 2.56 bits per heavy atom. The van der Waals surface area contributed by atoms with Crippen LogP contribution < -0.4 is 0 Å². The number of rotatable bonds is 2. The summed E-state index contributed by atoms with van der Waals surface area (Å²) in [5, 5.41) is 9.07. The molecule has 1 saturated heterocycles. The first-order valence-corrected chi connectivity index (χ1v) is 6.11. The maximum Gasteiger partial charge on any atom is 0.308 e. The van der Waals surface area contributed by atoms with E-state index in [0.717, 1.165) is 5.56 Å². The van der Waals surface area contributed by atoms with Crippen LogP contribution in [-0.2, 0) is 4.79 Å². The van der Waals surface area contributed by atoms with Gasteiger partial charge in [0, 0.05) is 18.2 Å². The van der Waals surface area contributed by atoms with Crippen LogP contribution in [0.5, 0.6) is 0 Å². The number of likely N-dealkylation sites (tertiary alicyclic amines) is 1. The summed E-state index contributed by atoms with van der Waals surface area (Å²) in [6.45, 7) is 4.22. The maximum atomic E-state index is 12.4. The maximum absolute atomic E-state index is 12.4. The zero-order valence-corrected chi connectivity index (χ0v) is 10.6. The normalized spacial score (nSPS) is 23.1. The van der Waals surface area contributed by atoms with Crippen LogP contribution in [-0.4, -0.2) is 34.5 Å². The number of hydrogen-bond donors (Lipinski definition) is 1. The van der Waals surface area contributed by atoms with Gasteiger partial charge >= 0.3 is 5.97 Å². The highest BCUT2D eigenvalue weighted by Crippen LogP contribution is 2.26. The molecule has 4 nitrogen and oxygen atoms in total. The van der Waals surface area contributed by atoms with Crippen LogP contribution in [0, 0.1) is 12.8 Å². The molecule has 96 valence electrons. The Bertz CT molecular complexity index is 484. The van der Waals surface area contributed by atoms with E-state index in [0.29, 0.717) is 18.5 Å². The lowest BCUT2D eigenvalue weighted by molar-refractivity contribution is -0.142. The largest absolute Gasteiger partial charge is 0.481 e. The average molecular weight is 247 g/mol. The van der Waals surface area contributed by atoms with Crippen LogP contribution in [0.25, 0.3) is 0 Å². The Kier molecular flexibility index (Phi) is 3.36. The molecule has 2 rings (SSSR count). The molecule has 1 amide bonds. The predicted octanol–water partition coefficient (Wildman–Crippen LogP) is 1.93. The van der Waals surface area contributed by atoms with Gasteiger partial charge in [-0.3, -0.25) is 9.59 Å². The molecule has 0 aliphatic carbocycles. The summed E-state index contributed by atoms with van der Waals surface area (Å²) in [4.78, 5) is 25.1. The van der Waals surface area contributed by atoms with E-state index in [-0.39, 0.29) is 11.9 Å². The van der Waals surface area contributed by atoms with Gasteiger partial charge in [0.25, 0.3) is 5.91 Å². The number of carbonyl (C=O) groups excluding carboxylic acids is 1. The van der Waals surface area contributed by atoms with Gasteiger partial charge in [-0.25, -0.2) is 0 Å². The first-order chi connectivity index (χ1) is 8.52. The molecule has 1 fully saturated rings. The lowest BCUT2D eigenvalue weighted by Gasteiger charge is -2.24. The molecule has 1 aromatic rings. The first kappa shape index (κ1) is 12.6. The molecule has 2 unspecified atom stereocenters. The zero-order valence-electron chi connectivity index (χ0n) is 10.6. The van der Waals surface area contributed by atoms with Gasteiger partial charge < -0.3 is 10.0 Å². The standard InChI is InChI=1S/C14H17NO3/c1-9-5-3-4-6-11(9)13(16)15-8-7-12(10(15)2)14(17)18/h3-6,10,12H,7-8H2,1-2H3,(H,17,18). The lowest BCUT2D eigenvalue weighted by Crippen LogP contribution is -2.37. The number of aliphatic carboxylic acids is 1. The van der Waals surface area contributed by atoms with Crippen molar-refractivity contribution in [2.45, 2.75) is 26.3 Å². The van der Waals surface area contributed by atoms with E-state index in [1.54, 1.807) is 11.0 Å². The molecule has 18 heavy (non-hydrogen) atoms. The zero-order chi connectivity index (χ0) is 13.3. The van der Waals surface area contributed by atoms with Crippen molar-refractivity contribution in [2.75, 3.05) is 6.54 Å². The second kappa shape index (κ2) is 4.80. The second-order valence-electron chi connectivity index (χ2n) is 4.79. The molecule has 4 heteroatoms. The van der Waals surface area contributed by atoms with E-state index < -0.39 is 11.9 Å². The van der Waals surface area contributed by atoms with Gasteiger partial charge in [0.15, 0.2) is 0 Å². The van der Waals surface area contributed by atoms with Gasteiger partial charge in [-0.05, 0) is 31.9 Å². The van der Waals surface area contributed by atoms with Crippen LogP contribution in [0.3, 0.4) is 0 Å². The van der Waals surface area contributed by atoms with Crippen molar-refractivity contribution in [1.29, 1.82) is 0 Å². The first-order valence-electron chi connectivity index (χ1n) is 6.11. The van der Waals surface area contributed by atoms with Gasteiger partial charge in [0.05, 0.1) is 5.92 Å². The van der Waals surface area contributed by atoms with E-state index in [9.17, 15) is 9.59 Å². The Morgan fingerprint density at radius 2 is 2.00 bits per heavy atom. The number of aryl methyl sites for hydroxylation is 1. The smallest absolute Gasteiger partial charge is 0.308 e. The Morgan fingerprint density at radius 1 is 1.33 bits per heavy atom. The minimum Gasteiger partial charge on any atom is -0.481 e. The second-order valence-corrected chi connectivity index (χ2v) is 4.79. The quantitative estimate of drug-likeness (QED) is 0.868. The number of carboxylic acids is 1. The fraction of sp³-hybridized carbons (Fsp3) is 0.429. The van der Waals surface area contributed by atoms with Crippen molar-refractivity contribution in [3.8, 4) is 0 Å². The molecule has 1 aliphatic rings. The van der Waals surface area contributed by atoms with Crippen LogP contribution in [0.2, 0.25) is 0 Å². The van der Waals surface area contributed by atoms with Gasteiger partial charge in [-0.2, -0.15) is 0 Å². The van der Waals surface area contributed by atoms with E-state index in [4.69, 9.17) is 5.11 Å². The van der Waals surface area contributed by atoms with Crippen LogP contribution >= 0.6 is 0 Å². The highest BCUT2D eigenvalue weighted by molar-refractivity contribution is 5.96. The summed E-state index contributed by atoms with van der Waals surface area (Å²) in [5.41, 5.74) is 1.59. The fourth-order valence-electron chi connectivity index (χ4n) is 2.52. The molecule has 1 aliphatic heterocycles. The molecular formula is C14H17NO3. The molecule has 0 spiro atoms. The third kappa shape index (κ3) is 2.10. The monoisotopic (exact) mass is 247 g/mol. The van der Waals surface area contributed by atoms with Crippen LogP contribution in [0.15, 0.2) is 24.3 Å². The van der Waals surface area contributed by atoms with Gasteiger partial charge in [0.1, 0.15) is 0 Å². The Labute approximate surface area is 106 Å². The number of benzene rings is 1. The minimum absolute atomic E-state index is 0.0654. The fourth-order valence-corrected chi connectivity index (χ4v) is 2.52. The summed E-state index contributed by atoms with van der Waals surface area (Å²) >= 11 is 0. The van der Waals surface area contributed by atoms with Gasteiger partial charge in [-0.1, -0.05) is 18.2 Å². The third-order valence-corrected chi connectivity index (χ3v) is 3.71. The third-order valence-electron chi connectivity index (χ3n) is 3.71. The molecule has 1 heterocycles. The summed E-state index contributed by atoms with van der Waals surface area (Å²) in [5.74, 6) is -1.33. The molecule has 1 N–H and O–H groups in total. The molecule has 0 bridgehead atoms. The molecule has 0 radical (unpaired) electrons. The lowest BCUT2D eigenvalue weighted by atomic mass is 10.0. The topological polar surface area (TPSA) is 57.6 Å². The van der Waals surface area contributed by atoms with Crippen LogP contribution in [0.4, 0.5) is 0 Å². The highest BCUT2D eigenvalue weighted by Gasteiger charge is 2.38. The van der Waals surface area contributed by atoms with E-state index >= 15 is 0 Å². The summed E-state index contributed by atoms with van der Waals surface area (Å²) < 4.78 is 0. The molecule has 0 aromatic heterocycles. The van der Waals surface area contributed by atoms with Crippen molar-refractivity contribution in [1.82, 2.24) is 4.90 Å². The minimum atomic E-state index is -0.817. The highest BCUT2D eigenvalue weighted by atomic mass is 16.4. The molecular weight excluding hydrogens is 230 g/mol. The predicted molar refractivity (Wildman–Crippen MR) is 67.4 cm³/mol. The van der Waals surface area contributed by atoms with Crippen molar-refractivity contribution in [3.63, 3.8) is 0 Å². The van der Waals surface area contributed by atoms with E-state index in [1.165, 1.54) is 0 Å². The van der Waals surface area contributed by atoms with E-state index in [2.05, 4.69) is 0 Å². The number of carbonyl (C=O) groups is 2. The molecule has 0 saturated carbocycles. The van der Waals surface area contributed by atoms with Crippen molar-refractivity contribution >= 4 is 11.9 Å². The summed E-state index contributed by atoms with van der Waals surface area (Å²) in [7, 11) is 0. The summed E-state index contributed by atoms with van der Waals surface area (Å²) in [6, 6.07) is 7.16.